The van der Waals surface area contributed by atoms with Crippen molar-refractivity contribution in [3.8, 4) is 5.88 Å². The maximum atomic E-state index is 8.63. The zero-order valence-corrected chi connectivity index (χ0v) is 4.44. The van der Waals surface area contributed by atoms with Gasteiger partial charge in [0.1, 0.15) is 6.20 Å². The number of aromatic nitrogens is 2. The normalized spacial score (nSPS) is 9.33. The molecule has 1 heterocycles. The lowest BCUT2D eigenvalue weighted by atomic mass is 10.7. The van der Waals surface area contributed by atoms with E-state index < -0.39 is 0 Å². The van der Waals surface area contributed by atoms with Gasteiger partial charge in [0, 0.05) is 0 Å². The van der Waals surface area contributed by atoms with E-state index in [-0.39, 0.29) is 11.4 Å². The van der Waals surface area contributed by atoms with Gasteiger partial charge in [-0.2, -0.15) is 4.73 Å². The lowest BCUT2D eigenvalue weighted by molar-refractivity contribution is 0.165. The first-order valence-electron chi connectivity index (χ1n) is 2.21. The molecule has 0 aliphatic heterocycles. The molecule has 9 heavy (non-hydrogen) atoms. The van der Waals surface area contributed by atoms with Crippen LogP contribution in [0, 0.1) is 5.41 Å². The van der Waals surface area contributed by atoms with Gasteiger partial charge in [-0.15, -0.1) is 0 Å². The van der Waals surface area contributed by atoms with Crippen LogP contribution in [0.4, 0.5) is 0 Å². The Morgan fingerprint density at radius 1 is 1.67 bits per heavy atom. The molecule has 0 fully saturated rings. The Morgan fingerprint density at radius 2 is 2.33 bits per heavy atom. The van der Waals surface area contributed by atoms with E-state index in [1.54, 1.807) is 0 Å². The summed E-state index contributed by atoms with van der Waals surface area (Å²) in [5.41, 5.74) is -0.173. The van der Waals surface area contributed by atoms with Crippen molar-refractivity contribution >= 4 is 0 Å². The minimum atomic E-state index is -0.312. The fraction of sp³-hybridized carbons (Fsp3) is 0. The van der Waals surface area contributed by atoms with Gasteiger partial charge in [0.25, 0.3) is 0 Å². The zero-order valence-electron chi connectivity index (χ0n) is 4.44. The Labute approximate surface area is 50.3 Å². The van der Waals surface area contributed by atoms with Gasteiger partial charge in [0.05, 0.1) is 6.20 Å². The third kappa shape index (κ3) is 0.987. The van der Waals surface area contributed by atoms with Crippen LogP contribution in [0.25, 0.3) is 0 Å². The first kappa shape index (κ1) is 5.61. The summed E-state index contributed by atoms with van der Waals surface area (Å²) in [6, 6.07) is 0. The van der Waals surface area contributed by atoms with Gasteiger partial charge in [0.15, 0.2) is 5.49 Å². The van der Waals surface area contributed by atoms with Crippen LogP contribution in [-0.2, 0) is 0 Å². The summed E-state index contributed by atoms with van der Waals surface area (Å²) in [5, 5.41) is 24.0. The molecule has 0 spiro atoms. The van der Waals surface area contributed by atoms with Crippen LogP contribution in [0.3, 0.4) is 0 Å². The minimum Gasteiger partial charge on any atom is -0.492 e. The van der Waals surface area contributed by atoms with Crippen LogP contribution in [0.15, 0.2) is 12.4 Å². The fourth-order valence-corrected chi connectivity index (χ4v) is 0.399. The Morgan fingerprint density at radius 3 is 2.78 bits per heavy atom. The quantitative estimate of drug-likeness (QED) is 0.403. The highest BCUT2D eigenvalue weighted by Gasteiger charge is 1.89. The molecule has 0 aromatic carbocycles. The molecule has 0 bridgehead atoms. The van der Waals surface area contributed by atoms with Gasteiger partial charge < -0.3 is 10.3 Å². The van der Waals surface area contributed by atoms with Crippen molar-refractivity contribution in [2.45, 2.75) is 0 Å². The Hall–Kier alpha value is -1.52. The van der Waals surface area contributed by atoms with Crippen molar-refractivity contribution < 1.29 is 10.3 Å². The average molecular weight is 127 g/mol. The highest BCUT2D eigenvalue weighted by atomic mass is 16.5. The molecule has 0 saturated carbocycles. The number of aromatic hydroxyl groups is 1. The van der Waals surface area contributed by atoms with Crippen molar-refractivity contribution in [3.05, 3.63) is 17.9 Å². The molecule has 0 radical (unpaired) electrons. The van der Waals surface area contributed by atoms with E-state index >= 15 is 0 Å². The molecule has 0 saturated heterocycles. The third-order valence-electron chi connectivity index (χ3n) is 0.804. The predicted octanol–water partition coefficient (Wildman–Crippen LogP) is -0.695. The Bertz CT molecular complexity index is 267. The molecule has 0 aliphatic rings. The summed E-state index contributed by atoms with van der Waals surface area (Å²) in [4.78, 5) is 3.33. The standard InChI is InChI=1S/C4H5N3O2/c5-3-1-6-4(8)2-7(3)9/h1-2,5,8-9H. The molecule has 1 aromatic rings. The summed E-state index contributed by atoms with van der Waals surface area (Å²) in [6.45, 7) is 0. The molecule has 5 heteroatoms. The fourth-order valence-electron chi connectivity index (χ4n) is 0.399. The molecule has 0 unspecified atom stereocenters. The average Bonchev–Trinajstić information content (AvgIpc) is 1.80. The largest absolute Gasteiger partial charge is 0.492 e. The van der Waals surface area contributed by atoms with Crippen molar-refractivity contribution in [3.63, 3.8) is 0 Å². The topological polar surface area (TPSA) is 82.1 Å². The van der Waals surface area contributed by atoms with E-state index in [1.807, 2.05) is 0 Å². The molecule has 0 atom stereocenters. The van der Waals surface area contributed by atoms with Crippen LogP contribution in [0.1, 0.15) is 0 Å². The number of nitrogens with one attached hydrogen (secondary N) is 1. The van der Waals surface area contributed by atoms with E-state index in [0.29, 0.717) is 4.73 Å². The van der Waals surface area contributed by atoms with Crippen LogP contribution in [0.2, 0.25) is 0 Å². The summed E-state index contributed by atoms with van der Waals surface area (Å²) >= 11 is 0. The number of hydrogen-bond acceptors (Lipinski definition) is 4. The SMILES string of the molecule is N=c1cnc(O)cn1O. The van der Waals surface area contributed by atoms with Crippen LogP contribution < -0.4 is 5.49 Å². The van der Waals surface area contributed by atoms with E-state index in [1.165, 1.54) is 0 Å². The van der Waals surface area contributed by atoms with E-state index in [2.05, 4.69) is 4.98 Å². The van der Waals surface area contributed by atoms with Gasteiger partial charge in [0.2, 0.25) is 5.88 Å². The second kappa shape index (κ2) is 1.77. The van der Waals surface area contributed by atoms with E-state index in [4.69, 9.17) is 15.7 Å². The molecule has 1 rings (SSSR count). The molecule has 48 valence electrons. The van der Waals surface area contributed by atoms with Crippen LogP contribution in [0.5, 0.6) is 5.88 Å². The Kier molecular flexibility index (Phi) is 1.11. The molecule has 3 N–H and O–H groups in total. The van der Waals surface area contributed by atoms with Crippen LogP contribution >= 0.6 is 0 Å². The van der Waals surface area contributed by atoms with Crippen molar-refractivity contribution in [2.24, 2.45) is 0 Å². The molecule has 0 amide bonds. The van der Waals surface area contributed by atoms with Crippen LogP contribution in [-0.4, -0.2) is 20.0 Å². The second-order valence-corrected chi connectivity index (χ2v) is 1.48. The molecular weight excluding hydrogens is 122 g/mol. The Balaban J connectivity index is 3.34. The number of nitrogens with zero attached hydrogens (tertiary/aromatic N) is 2. The minimum absolute atomic E-state index is 0.173. The van der Waals surface area contributed by atoms with E-state index in [0.717, 1.165) is 12.4 Å². The summed E-state index contributed by atoms with van der Waals surface area (Å²) in [6.07, 6.45) is 1.97. The molecule has 0 aliphatic carbocycles. The van der Waals surface area contributed by atoms with Gasteiger partial charge in [-0.1, -0.05) is 0 Å². The number of hydrogen-bond donors (Lipinski definition) is 3. The van der Waals surface area contributed by atoms with Gasteiger partial charge in [-0.3, -0.25) is 5.41 Å². The molecule has 1 aromatic heterocycles. The predicted molar refractivity (Wildman–Crippen MR) is 26.9 cm³/mol. The highest BCUT2D eigenvalue weighted by Crippen LogP contribution is 1.93. The van der Waals surface area contributed by atoms with Gasteiger partial charge >= 0.3 is 0 Å². The smallest absolute Gasteiger partial charge is 0.231 e. The second-order valence-electron chi connectivity index (χ2n) is 1.48. The van der Waals surface area contributed by atoms with Gasteiger partial charge in [-0.25, -0.2) is 4.98 Å². The van der Waals surface area contributed by atoms with Crippen molar-refractivity contribution in [1.29, 1.82) is 5.41 Å². The third-order valence-corrected chi connectivity index (χ3v) is 0.804. The van der Waals surface area contributed by atoms with E-state index in [9.17, 15) is 0 Å². The van der Waals surface area contributed by atoms with Crippen molar-refractivity contribution in [2.75, 3.05) is 0 Å². The lowest BCUT2D eigenvalue weighted by Gasteiger charge is -1.93. The van der Waals surface area contributed by atoms with Crippen molar-refractivity contribution in [1.82, 2.24) is 9.71 Å². The summed E-state index contributed by atoms with van der Waals surface area (Å²) in [7, 11) is 0. The first-order chi connectivity index (χ1) is 4.20. The lowest BCUT2D eigenvalue weighted by Crippen LogP contribution is -2.15. The first-order valence-corrected chi connectivity index (χ1v) is 2.21. The van der Waals surface area contributed by atoms with Gasteiger partial charge in [-0.05, 0) is 0 Å². The molecular formula is C4H5N3O2. The zero-order chi connectivity index (χ0) is 6.85. The molecule has 5 nitrogen and oxygen atoms in total. The summed E-state index contributed by atoms with van der Waals surface area (Å²) in [5.74, 6) is -0.312. The highest BCUT2D eigenvalue weighted by molar-refractivity contribution is 4.97. The summed E-state index contributed by atoms with van der Waals surface area (Å²) < 4.78 is 0.475. The maximum Gasteiger partial charge on any atom is 0.231 e. The number of rotatable bonds is 0. The monoisotopic (exact) mass is 127 g/mol. The maximum absolute atomic E-state index is 8.63.